The van der Waals surface area contributed by atoms with E-state index in [9.17, 15) is 26.3 Å². The van der Waals surface area contributed by atoms with Crippen molar-refractivity contribution in [2.45, 2.75) is 44.5 Å². The van der Waals surface area contributed by atoms with Crippen LogP contribution in [0.2, 0.25) is 0 Å². The van der Waals surface area contributed by atoms with Crippen LogP contribution in [-0.4, -0.2) is 24.2 Å². The molecule has 0 amide bonds. The van der Waals surface area contributed by atoms with Gasteiger partial charge in [-0.25, -0.2) is 17.6 Å². The quantitative estimate of drug-likeness (QED) is 0.621. The fourth-order valence-corrected chi connectivity index (χ4v) is 0.676. The number of hydrogen-bond acceptors (Lipinski definition) is 0. The van der Waals surface area contributed by atoms with Gasteiger partial charge in [-0.3, -0.25) is 0 Å². The van der Waals surface area contributed by atoms with E-state index in [4.69, 9.17) is 0 Å². The fourth-order valence-electron chi connectivity index (χ4n) is 0.676. The smallest absolute Gasteiger partial charge is 0.244 e. The summed E-state index contributed by atoms with van der Waals surface area (Å²) in [6.07, 6.45) is -6.59. The predicted octanol–water partition coefficient (Wildman–Crippen LogP) is 3.36. The molecule has 2 atom stereocenters. The molecule has 0 rings (SSSR count). The molecule has 0 aliphatic heterocycles. The number of rotatable bonds is 4. The monoisotopic (exact) mass is 208 g/mol. The molecule has 0 heterocycles. The van der Waals surface area contributed by atoms with Crippen molar-refractivity contribution in [2.24, 2.45) is 0 Å². The first-order valence-corrected chi connectivity index (χ1v) is 3.68. The van der Waals surface area contributed by atoms with Crippen molar-refractivity contribution in [2.75, 3.05) is 0 Å². The topological polar surface area (TPSA) is 0 Å². The van der Waals surface area contributed by atoms with Crippen LogP contribution in [0.5, 0.6) is 0 Å². The highest BCUT2D eigenvalue weighted by molar-refractivity contribution is 4.91. The van der Waals surface area contributed by atoms with Gasteiger partial charge in [-0.05, 0) is 6.42 Å². The van der Waals surface area contributed by atoms with Crippen molar-refractivity contribution >= 4 is 0 Å². The van der Waals surface area contributed by atoms with Crippen molar-refractivity contribution in [3.05, 3.63) is 0 Å². The summed E-state index contributed by atoms with van der Waals surface area (Å²) in [4.78, 5) is 0. The van der Waals surface area contributed by atoms with Crippen LogP contribution in [0.3, 0.4) is 0 Å². The van der Waals surface area contributed by atoms with Gasteiger partial charge in [0.2, 0.25) is 6.17 Å². The lowest BCUT2D eigenvalue weighted by Crippen LogP contribution is -2.49. The van der Waals surface area contributed by atoms with Crippen molar-refractivity contribution in [3.8, 4) is 0 Å². The number of hydrogen-bond donors (Lipinski definition) is 0. The minimum atomic E-state index is -4.96. The summed E-state index contributed by atoms with van der Waals surface area (Å²) < 4.78 is 73.8. The largest absolute Gasteiger partial charge is 0.343 e. The second-order valence-corrected chi connectivity index (χ2v) is 2.84. The van der Waals surface area contributed by atoms with E-state index in [-0.39, 0.29) is 6.92 Å². The molecule has 0 saturated carbocycles. The Morgan fingerprint density at radius 1 is 1.08 bits per heavy atom. The second-order valence-electron chi connectivity index (χ2n) is 2.84. The Morgan fingerprint density at radius 3 is 1.69 bits per heavy atom. The van der Waals surface area contributed by atoms with E-state index in [0.717, 1.165) is 6.92 Å². The van der Waals surface area contributed by atoms with Gasteiger partial charge in [-0.2, -0.15) is 8.78 Å². The molecule has 0 nitrogen and oxygen atoms in total. The Hall–Kier alpha value is -0.420. The van der Waals surface area contributed by atoms with Crippen LogP contribution >= 0.6 is 0 Å². The van der Waals surface area contributed by atoms with Gasteiger partial charge in [0, 0.05) is 6.92 Å². The summed E-state index contributed by atoms with van der Waals surface area (Å²) in [6.45, 7) is 0.961. The molecule has 0 aromatic carbocycles. The van der Waals surface area contributed by atoms with E-state index in [2.05, 4.69) is 0 Å². The summed E-state index contributed by atoms with van der Waals surface area (Å²) >= 11 is 0. The molecule has 1 unspecified atom stereocenters. The van der Waals surface area contributed by atoms with Gasteiger partial charge in [-0.1, -0.05) is 6.92 Å². The average molecular weight is 208 g/mol. The third-order valence-electron chi connectivity index (χ3n) is 1.64. The molecule has 0 aliphatic rings. The maximum Gasteiger partial charge on any atom is 0.343 e. The predicted molar refractivity (Wildman–Crippen MR) is 35.7 cm³/mol. The van der Waals surface area contributed by atoms with Crippen LogP contribution in [0.4, 0.5) is 26.3 Å². The minimum Gasteiger partial charge on any atom is -0.244 e. The average Bonchev–Trinajstić information content (AvgIpc) is 1.99. The zero-order chi connectivity index (χ0) is 10.9. The van der Waals surface area contributed by atoms with Crippen molar-refractivity contribution in [3.63, 3.8) is 0 Å². The molecule has 0 aromatic heterocycles. The summed E-state index contributed by atoms with van der Waals surface area (Å²) in [5.74, 6) is -9.51. The first-order chi connectivity index (χ1) is 5.64. The summed E-state index contributed by atoms with van der Waals surface area (Å²) in [5.41, 5.74) is 0. The fraction of sp³-hybridized carbons (Fsp3) is 1.00. The third-order valence-corrected chi connectivity index (χ3v) is 1.64. The van der Waals surface area contributed by atoms with E-state index in [1.54, 1.807) is 0 Å². The third kappa shape index (κ3) is 2.51. The maximum absolute atomic E-state index is 12.5. The van der Waals surface area contributed by atoms with E-state index < -0.39 is 30.6 Å². The molecule has 0 spiro atoms. The van der Waals surface area contributed by atoms with Crippen LogP contribution < -0.4 is 0 Å². The van der Waals surface area contributed by atoms with Crippen LogP contribution in [-0.2, 0) is 0 Å². The molecular weight excluding hydrogens is 198 g/mol. The van der Waals surface area contributed by atoms with Crippen LogP contribution in [0.1, 0.15) is 20.3 Å². The molecular formula is C7H10F6. The Labute approximate surface area is 71.9 Å². The van der Waals surface area contributed by atoms with Gasteiger partial charge in [0.25, 0.3) is 0 Å². The van der Waals surface area contributed by atoms with Crippen molar-refractivity contribution in [1.82, 2.24) is 0 Å². The van der Waals surface area contributed by atoms with E-state index in [1.807, 2.05) is 0 Å². The lowest BCUT2D eigenvalue weighted by atomic mass is 10.0. The molecule has 0 radical (unpaired) electrons. The number of halogens is 6. The van der Waals surface area contributed by atoms with Gasteiger partial charge in [-0.15, -0.1) is 0 Å². The van der Waals surface area contributed by atoms with Gasteiger partial charge in [0.05, 0.1) is 0 Å². The highest BCUT2D eigenvalue weighted by Crippen LogP contribution is 2.40. The zero-order valence-electron chi connectivity index (χ0n) is 7.13. The summed E-state index contributed by atoms with van der Waals surface area (Å²) in [6, 6.07) is 0. The van der Waals surface area contributed by atoms with Crippen LogP contribution in [0, 0.1) is 0 Å². The van der Waals surface area contributed by atoms with E-state index >= 15 is 0 Å². The molecule has 0 aliphatic carbocycles. The summed E-state index contributed by atoms with van der Waals surface area (Å²) in [5, 5.41) is 0. The van der Waals surface area contributed by atoms with E-state index in [0.29, 0.717) is 0 Å². The standard InChI is InChI=1S/C7H10F6/c1-3-4(8)5(9)7(12,13)6(2,10)11/h4-5H,3H2,1-2H3/t4?,5-/m0/s1. The molecule has 0 saturated heterocycles. The molecule has 0 N–H and O–H groups in total. The molecule has 80 valence electrons. The van der Waals surface area contributed by atoms with Gasteiger partial charge < -0.3 is 0 Å². The van der Waals surface area contributed by atoms with Gasteiger partial charge in [0.1, 0.15) is 6.17 Å². The SMILES string of the molecule is CCC(F)[C@H](F)C(F)(F)C(C)(F)F. The highest BCUT2D eigenvalue weighted by Gasteiger charge is 2.60. The van der Waals surface area contributed by atoms with Gasteiger partial charge in [0.15, 0.2) is 0 Å². The molecule has 0 fully saturated rings. The number of alkyl halides is 6. The lowest BCUT2D eigenvalue weighted by Gasteiger charge is -2.27. The Kier molecular flexibility index (Phi) is 3.63. The molecule has 0 aromatic rings. The van der Waals surface area contributed by atoms with Crippen molar-refractivity contribution < 1.29 is 26.3 Å². The van der Waals surface area contributed by atoms with Crippen molar-refractivity contribution in [1.29, 1.82) is 0 Å². The second kappa shape index (κ2) is 3.75. The van der Waals surface area contributed by atoms with Crippen LogP contribution in [0.25, 0.3) is 0 Å². The lowest BCUT2D eigenvalue weighted by molar-refractivity contribution is -0.239. The summed E-state index contributed by atoms with van der Waals surface area (Å²) in [7, 11) is 0. The first kappa shape index (κ1) is 12.6. The maximum atomic E-state index is 12.5. The highest BCUT2D eigenvalue weighted by atomic mass is 19.3. The molecule has 0 bridgehead atoms. The minimum absolute atomic E-state index is 0.137. The normalized spacial score (nSPS) is 18.5. The Morgan fingerprint density at radius 2 is 1.46 bits per heavy atom. The zero-order valence-corrected chi connectivity index (χ0v) is 7.13. The first-order valence-electron chi connectivity index (χ1n) is 3.68. The van der Waals surface area contributed by atoms with Gasteiger partial charge >= 0.3 is 11.8 Å². The molecule has 6 heteroatoms. The Balaban J connectivity index is 4.63. The van der Waals surface area contributed by atoms with E-state index in [1.165, 1.54) is 0 Å². The molecule has 13 heavy (non-hydrogen) atoms. The van der Waals surface area contributed by atoms with Crippen LogP contribution in [0.15, 0.2) is 0 Å². The Bertz CT molecular complexity index is 161.